The Kier molecular flexibility index (Phi) is 5.11. The lowest BCUT2D eigenvalue weighted by Crippen LogP contribution is -2.26. The molecule has 2 atom stereocenters. The zero-order valence-corrected chi connectivity index (χ0v) is 7.83. The van der Waals surface area contributed by atoms with Crippen LogP contribution in [0.2, 0.25) is 0 Å². The van der Waals surface area contributed by atoms with Crippen molar-refractivity contribution in [2.75, 3.05) is 6.61 Å². The van der Waals surface area contributed by atoms with Crippen LogP contribution in [0.4, 0.5) is 0 Å². The van der Waals surface area contributed by atoms with Gasteiger partial charge < -0.3 is 9.58 Å². The van der Waals surface area contributed by atoms with E-state index in [4.69, 9.17) is 11.3 Å². The molecule has 0 N–H and O–H groups in total. The molecule has 0 aromatic heterocycles. The summed E-state index contributed by atoms with van der Waals surface area (Å²) in [7, 11) is 0. The van der Waals surface area contributed by atoms with Crippen LogP contribution in [-0.4, -0.2) is 18.6 Å². The molecule has 0 radical (unpaired) electrons. The van der Waals surface area contributed by atoms with Gasteiger partial charge in [0.2, 0.25) is 0 Å². The molecular weight excluding hydrogens is 154 g/mol. The van der Waals surface area contributed by atoms with Crippen LogP contribution in [0.15, 0.2) is 0 Å². The van der Waals surface area contributed by atoms with Gasteiger partial charge in [0.05, 0.1) is 6.61 Å². The predicted molar refractivity (Wildman–Crippen MR) is 46.5 cm³/mol. The molecule has 3 nitrogen and oxygen atoms in total. The molecule has 0 aliphatic carbocycles. The fraction of sp³-hybridized carbons (Fsp3) is 0.778. The van der Waals surface area contributed by atoms with Crippen LogP contribution in [0.1, 0.15) is 27.2 Å². The molecule has 0 bridgehead atoms. The predicted octanol–water partition coefficient (Wildman–Crippen LogP) is 1.88. The lowest BCUT2D eigenvalue weighted by Gasteiger charge is -2.09. The van der Waals surface area contributed by atoms with Gasteiger partial charge in [-0.1, -0.05) is 13.8 Å². The third-order valence-corrected chi connectivity index (χ3v) is 1.85. The maximum atomic E-state index is 11.1. The summed E-state index contributed by atoms with van der Waals surface area (Å²) in [5, 5.41) is 0. The Morgan fingerprint density at radius 2 is 2.17 bits per heavy atom. The SMILES string of the molecule is [C-]#[N+]C(C(=O)OCC)C(C)CC. The van der Waals surface area contributed by atoms with E-state index in [1.165, 1.54) is 0 Å². The lowest BCUT2D eigenvalue weighted by atomic mass is 10.0. The van der Waals surface area contributed by atoms with Gasteiger partial charge in [0.15, 0.2) is 0 Å². The number of nitrogens with zero attached hydrogens (tertiary/aromatic N) is 1. The molecule has 0 fully saturated rings. The number of hydrogen-bond donors (Lipinski definition) is 0. The molecule has 0 aliphatic rings. The summed E-state index contributed by atoms with van der Waals surface area (Å²) >= 11 is 0. The van der Waals surface area contributed by atoms with E-state index in [0.29, 0.717) is 6.61 Å². The second-order valence-electron chi connectivity index (χ2n) is 2.71. The minimum absolute atomic E-state index is 0.0848. The highest BCUT2D eigenvalue weighted by atomic mass is 16.5. The van der Waals surface area contributed by atoms with Crippen LogP contribution < -0.4 is 0 Å². The Bertz CT molecular complexity index is 183. The van der Waals surface area contributed by atoms with Crippen molar-refractivity contribution in [1.82, 2.24) is 0 Å². The van der Waals surface area contributed by atoms with Gasteiger partial charge in [0.1, 0.15) is 0 Å². The van der Waals surface area contributed by atoms with Crippen molar-refractivity contribution in [3.8, 4) is 0 Å². The number of esters is 1. The first-order chi connectivity index (χ1) is 5.67. The quantitative estimate of drug-likeness (QED) is 0.475. The van der Waals surface area contributed by atoms with E-state index in [1.54, 1.807) is 6.92 Å². The zero-order chi connectivity index (χ0) is 9.56. The van der Waals surface area contributed by atoms with Crippen molar-refractivity contribution < 1.29 is 9.53 Å². The Balaban J connectivity index is 4.16. The summed E-state index contributed by atoms with van der Waals surface area (Å²) < 4.78 is 4.77. The second-order valence-corrected chi connectivity index (χ2v) is 2.71. The maximum Gasteiger partial charge on any atom is 0.390 e. The number of ether oxygens (including phenoxy) is 1. The Morgan fingerprint density at radius 1 is 1.58 bits per heavy atom. The largest absolute Gasteiger partial charge is 0.460 e. The average Bonchev–Trinajstić information content (AvgIpc) is 2.06. The maximum absolute atomic E-state index is 11.1. The summed E-state index contributed by atoms with van der Waals surface area (Å²) in [6, 6.07) is -0.616. The van der Waals surface area contributed by atoms with E-state index in [-0.39, 0.29) is 11.9 Å². The molecule has 3 heteroatoms. The van der Waals surface area contributed by atoms with Crippen LogP contribution in [0.5, 0.6) is 0 Å². The van der Waals surface area contributed by atoms with Gasteiger partial charge in [-0.15, -0.1) is 0 Å². The number of carbonyl (C=O) groups excluding carboxylic acids is 1. The first-order valence-corrected chi connectivity index (χ1v) is 4.20. The standard InChI is InChI=1S/C9H15NO2/c1-5-7(3)8(10-4)9(11)12-6-2/h7-8H,5-6H2,1-3H3. The summed E-state index contributed by atoms with van der Waals surface area (Å²) in [6.45, 7) is 12.8. The number of hydrogen-bond acceptors (Lipinski definition) is 2. The molecule has 0 amide bonds. The van der Waals surface area contributed by atoms with Crippen LogP contribution in [0.25, 0.3) is 4.85 Å². The Hall–Kier alpha value is -1.04. The van der Waals surface area contributed by atoms with E-state index in [9.17, 15) is 4.79 Å². The molecule has 0 saturated carbocycles. The first-order valence-electron chi connectivity index (χ1n) is 4.20. The molecule has 0 rings (SSSR count). The molecule has 0 saturated heterocycles. The van der Waals surface area contributed by atoms with Gasteiger partial charge in [0.25, 0.3) is 0 Å². The highest BCUT2D eigenvalue weighted by Gasteiger charge is 2.30. The van der Waals surface area contributed by atoms with Gasteiger partial charge in [0, 0.05) is 5.92 Å². The van der Waals surface area contributed by atoms with Crippen LogP contribution >= 0.6 is 0 Å². The van der Waals surface area contributed by atoms with E-state index < -0.39 is 6.04 Å². The minimum atomic E-state index is -0.616. The van der Waals surface area contributed by atoms with Crippen molar-refractivity contribution in [3.05, 3.63) is 11.4 Å². The molecule has 0 heterocycles. The van der Waals surface area contributed by atoms with Crippen LogP contribution in [-0.2, 0) is 9.53 Å². The van der Waals surface area contributed by atoms with Gasteiger partial charge in [-0.3, -0.25) is 0 Å². The number of rotatable bonds is 4. The van der Waals surface area contributed by atoms with Gasteiger partial charge in [-0.25, -0.2) is 11.4 Å². The van der Waals surface area contributed by atoms with Gasteiger partial charge in [-0.05, 0) is 13.3 Å². The van der Waals surface area contributed by atoms with Gasteiger partial charge in [-0.2, -0.15) is 0 Å². The summed E-state index contributed by atoms with van der Waals surface area (Å²) in [6.07, 6.45) is 0.825. The molecular formula is C9H15NO2. The molecule has 0 aliphatic heterocycles. The van der Waals surface area contributed by atoms with Crippen molar-refractivity contribution in [1.29, 1.82) is 0 Å². The third kappa shape index (κ3) is 2.91. The number of carbonyl (C=O) groups is 1. The van der Waals surface area contributed by atoms with Gasteiger partial charge >= 0.3 is 12.0 Å². The van der Waals surface area contributed by atoms with Crippen molar-refractivity contribution in [2.24, 2.45) is 5.92 Å². The topological polar surface area (TPSA) is 30.7 Å². The van der Waals surface area contributed by atoms with Crippen LogP contribution in [0.3, 0.4) is 0 Å². The molecule has 0 spiro atoms. The van der Waals surface area contributed by atoms with Crippen LogP contribution in [0, 0.1) is 12.5 Å². The lowest BCUT2D eigenvalue weighted by molar-refractivity contribution is -0.144. The van der Waals surface area contributed by atoms with E-state index in [0.717, 1.165) is 6.42 Å². The van der Waals surface area contributed by atoms with E-state index in [1.807, 2.05) is 13.8 Å². The summed E-state index contributed by atoms with van der Waals surface area (Å²) in [5.74, 6) is -0.302. The first kappa shape index (κ1) is 11.0. The highest BCUT2D eigenvalue weighted by molar-refractivity contribution is 5.77. The molecule has 2 unspecified atom stereocenters. The molecule has 12 heavy (non-hydrogen) atoms. The fourth-order valence-corrected chi connectivity index (χ4v) is 0.863. The smallest absolute Gasteiger partial charge is 0.390 e. The third-order valence-electron chi connectivity index (χ3n) is 1.85. The second kappa shape index (κ2) is 5.59. The highest BCUT2D eigenvalue weighted by Crippen LogP contribution is 2.12. The molecule has 0 aromatic carbocycles. The molecule has 0 aromatic rings. The minimum Gasteiger partial charge on any atom is -0.460 e. The summed E-state index contributed by atoms with van der Waals surface area (Å²) in [4.78, 5) is 14.4. The van der Waals surface area contributed by atoms with Crippen molar-refractivity contribution in [2.45, 2.75) is 33.2 Å². The van der Waals surface area contributed by atoms with E-state index >= 15 is 0 Å². The van der Waals surface area contributed by atoms with Crippen molar-refractivity contribution in [3.63, 3.8) is 0 Å². The zero-order valence-electron chi connectivity index (χ0n) is 7.83. The van der Waals surface area contributed by atoms with E-state index in [2.05, 4.69) is 4.85 Å². The normalized spacial score (nSPS) is 14.5. The average molecular weight is 169 g/mol. The molecule has 68 valence electrons. The summed E-state index contributed by atoms with van der Waals surface area (Å²) in [5.41, 5.74) is 0. The Labute approximate surface area is 73.5 Å². The Morgan fingerprint density at radius 3 is 2.50 bits per heavy atom. The fourth-order valence-electron chi connectivity index (χ4n) is 0.863. The monoisotopic (exact) mass is 169 g/mol. The van der Waals surface area contributed by atoms with Crippen molar-refractivity contribution >= 4 is 5.97 Å².